The van der Waals surface area contributed by atoms with Gasteiger partial charge in [-0.05, 0) is 47.5 Å². The number of carbonyl (C=O) groups excluding carboxylic acids is 1. The van der Waals surface area contributed by atoms with Gasteiger partial charge in [0, 0.05) is 25.0 Å². The number of benzene rings is 3. The van der Waals surface area contributed by atoms with Crippen LogP contribution in [-0.4, -0.2) is 34.9 Å². The summed E-state index contributed by atoms with van der Waals surface area (Å²) < 4.78 is 1.81. The normalized spacial score (nSPS) is 10.8. The first-order chi connectivity index (χ1) is 14.4. The lowest BCUT2D eigenvalue weighted by Crippen LogP contribution is -2.21. The SMILES string of the molecule is CN(C)C(=O)c1cccc(-c2ccc3nc(N)nc(N(Br)c4ccccc4)c3c2)c1. The number of hydrogen-bond acceptors (Lipinski definition) is 5. The summed E-state index contributed by atoms with van der Waals surface area (Å²) in [5.74, 6) is 0.806. The predicted molar refractivity (Wildman–Crippen MR) is 125 cm³/mol. The summed E-state index contributed by atoms with van der Waals surface area (Å²) in [5.41, 5.74) is 10.1. The molecule has 6 nitrogen and oxygen atoms in total. The van der Waals surface area contributed by atoms with Crippen molar-refractivity contribution in [2.45, 2.75) is 0 Å². The molecule has 4 aromatic rings. The van der Waals surface area contributed by atoms with Crippen LogP contribution in [0, 0.1) is 0 Å². The maximum atomic E-state index is 12.4. The van der Waals surface area contributed by atoms with E-state index in [1.54, 1.807) is 19.0 Å². The molecule has 0 atom stereocenters. The monoisotopic (exact) mass is 461 g/mol. The molecule has 0 radical (unpaired) electrons. The van der Waals surface area contributed by atoms with Gasteiger partial charge in [0.05, 0.1) is 27.4 Å². The van der Waals surface area contributed by atoms with Crippen molar-refractivity contribution < 1.29 is 4.79 Å². The highest BCUT2D eigenvalue weighted by molar-refractivity contribution is 9.10. The molecular weight excluding hydrogens is 442 g/mol. The highest BCUT2D eigenvalue weighted by atomic mass is 79.9. The lowest BCUT2D eigenvalue weighted by molar-refractivity contribution is 0.0827. The highest BCUT2D eigenvalue weighted by Crippen LogP contribution is 2.35. The summed E-state index contributed by atoms with van der Waals surface area (Å²) >= 11 is 3.61. The van der Waals surface area contributed by atoms with Crippen molar-refractivity contribution in [2.24, 2.45) is 0 Å². The Kier molecular flexibility index (Phi) is 5.37. The van der Waals surface area contributed by atoms with Crippen LogP contribution in [0.25, 0.3) is 22.0 Å². The van der Waals surface area contributed by atoms with Gasteiger partial charge in [-0.25, -0.2) is 4.98 Å². The van der Waals surface area contributed by atoms with E-state index in [4.69, 9.17) is 5.73 Å². The molecule has 0 bridgehead atoms. The zero-order valence-corrected chi connectivity index (χ0v) is 18.2. The van der Waals surface area contributed by atoms with Crippen LogP contribution in [-0.2, 0) is 0 Å². The van der Waals surface area contributed by atoms with Gasteiger partial charge >= 0.3 is 0 Å². The summed E-state index contributed by atoms with van der Waals surface area (Å²) in [4.78, 5) is 22.8. The molecule has 150 valence electrons. The van der Waals surface area contributed by atoms with Crippen molar-refractivity contribution in [2.75, 3.05) is 23.8 Å². The number of para-hydroxylation sites is 1. The molecule has 3 aromatic carbocycles. The number of fused-ring (bicyclic) bond motifs is 1. The van der Waals surface area contributed by atoms with E-state index in [9.17, 15) is 4.79 Å². The van der Waals surface area contributed by atoms with Gasteiger partial charge in [-0.1, -0.05) is 36.4 Å². The van der Waals surface area contributed by atoms with Gasteiger partial charge in [-0.2, -0.15) is 4.98 Å². The van der Waals surface area contributed by atoms with Crippen LogP contribution < -0.4 is 9.66 Å². The van der Waals surface area contributed by atoms with E-state index in [0.29, 0.717) is 11.4 Å². The van der Waals surface area contributed by atoms with E-state index < -0.39 is 0 Å². The van der Waals surface area contributed by atoms with E-state index in [0.717, 1.165) is 27.7 Å². The number of nitrogen functional groups attached to an aromatic ring is 1. The van der Waals surface area contributed by atoms with Crippen LogP contribution in [0.3, 0.4) is 0 Å². The Hall–Kier alpha value is -3.45. The zero-order chi connectivity index (χ0) is 21.3. The maximum absolute atomic E-state index is 12.4. The number of anilines is 3. The number of nitrogens with zero attached hydrogens (tertiary/aromatic N) is 4. The van der Waals surface area contributed by atoms with Crippen LogP contribution >= 0.6 is 16.1 Å². The van der Waals surface area contributed by atoms with E-state index in [2.05, 4.69) is 26.1 Å². The number of halogens is 1. The summed E-state index contributed by atoms with van der Waals surface area (Å²) in [6.07, 6.45) is 0. The van der Waals surface area contributed by atoms with Crippen molar-refractivity contribution in [3.8, 4) is 11.1 Å². The van der Waals surface area contributed by atoms with Crippen LogP contribution in [0.4, 0.5) is 17.5 Å². The van der Waals surface area contributed by atoms with Gasteiger partial charge in [0.15, 0.2) is 5.82 Å². The number of rotatable bonds is 4. The molecule has 0 aliphatic carbocycles. The minimum absolute atomic E-state index is 0.0369. The standard InChI is InChI=1S/C23H20BrN5O/c1-28(2)22(30)17-8-6-7-15(13-17)16-11-12-20-19(14-16)21(27-23(25)26-20)29(24)18-9-4-3-5-10-18/h3-14H,1-2H3,(H2,25,26,27). The predicted octanol–water partition coefficient (Wildman–Crippen LogP) is 5.03. The fourth-order valence-corrected chi connectivity index (χ4v) is 3.74. The van der Waals surface area contributed by atoms with Crippen LogP contribution in [0.2, 0.25) is 0 Å². The van der Waals surface area contributed by atoms with Crippen LogP contribution in [0.1, 0.15) is 10.4 Å². The number of amides is 1. The highest BCUT2D eigenvalue weighted by Gasteiger charge is 2.15. The fraction of sp³-hybridized carbons (Fsp3) is 0.0870. The van der Waals surface area contributed by atoms with Gasteiger partial charge in [-0.3, -0.25) is 8.72 Å². The lowest BCUT2D eigenvalue weighted by Gasteiger charge is -2.18. The molecule has 0 aliphatic rings. The minimum atomic E-state index is -0.0369. The molecule has 7 heteroatoms. The first-order valence-corrected chi connectivity index (χ1v) is 10.1. The molecule has 0 aliphatic heterocycles. The minimum Gasteiger partial charge on any atom is -0.368 e. The van der Waals surface area contributed by atoms with Crippen molar-refractivity contribution >= 4 is 50.4 Å². The fourth-order valence-electron chi connectivity index (χ4n) is 3.23. The summed E-state index contributed by atoms with van der Waals surface area (Å²) in [6, 6.07) is 23.3. The van der Waals surface area contributed by atoms with Gasteiger partial charge in [0.1, 0.15) is 0 Å². The topological polar surface area (TPSA) is 75.3 Å². The molecule has 0 unspecified atom stereocenters. The van der Waals surface area contributed by atoms with Gasteiger partial charge in [0.2, 0.25) is 5.95 Å². The smallest absolute Gasteiger partial charge is 0.253 e. The average molecular weight is 462 g/mol. The zero-order valence-electron chi connectivity index (χ0n) is 16.6. The molecule has 0 fully saturated rings. The Bertz CT molecular complexity index is 1230. The maximum Gasteiger partial charge on any atom is 0.253 e. The molecule has 4 rings (SSSR count). The lowest BCUT2D eigenvalue weighted by atomic mass is 10.0. The number of aromatic nitrogens is 2. The van der Waals surface area contributed by atoms with Crippen molar-refractivity contribution in [1.29, 1.82) is 0 Å². The van der Waals surface area contributed by atoms with Crippen LogP contribution in [0.5, 0.6) is 0 Å². The second-order valence-corrected chi connectivity index (χ2v) is 7.74. The van der Waals surface area contributed by atoms with E-state index in [1.807, 2.05) is 76.7 Å². The van der Waals surface area contributed by atoms with E-state index in [-0.39, 0.29) is 11.9 Å². The van der Waals surface area contributed by atoms with Gasteiger partial charge < -0.3 is 10.6 Å². The second-order valence-electron chi connectivity index (χ2n) is 7.03. The Morgan fingerprint density at radius 2 is 1.63 bits per heavy atom. The van der Waals surface area contributed by atoms with Gasteiger partial charge in [-0.15, -0.1) is 0 Å². The Morgan fingerprint density at radius 3 is 2.37 bits per heavy atom. The third-order valence-corrected chi connectivity index (χ3v) is 5.46. The van der Waals surface area contributed by atoms with E-state index in [1.165, 1.54) is 0 Å². The number of carbonyl (C=O) groups is 1. The molecular formula is C23H20BrN5O. The molecule has 0 spiro atoms. The third-order valence-electron chi connectivity index (χ3n) is 4.71. The Labute approximate surface area is 183 Å². The first kappa shape index (κ1) is 19.8. The van der Waals surface area contributed by atoms with Crippen molar-refractivity contribution in [3.63, 3.8) is 0 Å². The van der Waals surface area contributed by atoms with E-state index >= 15 is 0 Å². The Balaban J connectivity index is 1.84. The molecule has 30 heavy (non-hydrogen) atoms. The number of hydrogen-bond donors (Lipinski definition) is 1. The average Bonchev–Trinajstić information content (AvgIpc) is 2.77. The largest absolute Gasteiger partial charge is 0.368 e. The van der Waals surface area contributed by atoms with Crippen molar-refractivity contribution in [1.82, 2.24) is 14.9 Å². The summed E-state index contributed by atoms with van der Waals surface area (Å²) in [7, 11) is 3.49. The summed E-state index contributed by atoms with van der Waals surface area (Å²) in [6.45, 7) is 0. The summed E-state index contributed by atoms with van der Waals surface area (Å²) in [5, 5.41) is 0.840. The third kappa shape index (κ3) is 3.84. The number of nitrogens with two attached hydrogens (primary N) is 1. The Morgan fingerprint density at radius 1 is 0.900 bits per heavy atom. The molecule has 0 saturated carbocycles. The quantitative estimate of drug-likeness (QED) is 0.431. The van der Waals surface area contributed by atoms with Gasteiger partial charge in [0.25, 0.3) is 5.91 Å². The molecule has 2 N–H and O–H groups in total. The molecule has 0 saturated heterocycles. The van der Waals surface area contributed by atoms with Crippen LogP contribution in [0.15, 0.2) is 72.8 Å². The molecule has 1 aromatic heterocycles. The second kappa shape index (κ2) is 8.12. The molecule has 1 heterocycles. The van der Waals surface area contributed by atoms with Crippen molar-refractivity contribution in [3.05, 3.63) is 78.4 Å². The first-order valence-electron chi connectivity index (χ1n) is 9.34. The molecule has 1 amide bonds.